The normalized spacial score (nSPS) is 12.5. The largest absolute Gasteiger partial charge is 0.496 e. The molecule has 0 atom stereocenters. The number of ether oxygens (including phenoxy) is 2. The molecule has 1 aliphatic carbocycles. The van der Waals surface area contributed by atoms with Crippen LogP contribution >= 0.6 is 0 Å². The quantitative estimate of drug-likeness (QED) is 0.468. The van der Waals surface area contributed by atoms with Crippen molar-refractivity contribution >= 4 is 17.7 Å². The number of carbonyl (C=O) groups excluding carboxylic acids is 3. The molecule has 3 rings (SSSR count). The summed E-state index contributed by atoms with van der Waals surface area (Å²) in [6, 6.07) is 13.4. The molecule has 0 bridgehead atoms. The fourth-order valence-electron chi connectivity index (χ4n) is 3.78. The lowest BCUT2D eigenvalue weighted by molar-refractivity contribution is -0.148. The lowest BCUT2D eigenvalue weighted by Gasteiger charge is -2.16. The van der Waals surface area contributed by atoms with E-state index >= 15 is 0 Å². The number of fused-ring (bicyclic) bond motifs is 1. The van der Waals surface area contributed by atoms with Crippen molar-refractivity contribution < 1.29 is 23.9 Å². The Morgan fingerprint density at radius 3 is 2.55 bits per heavy atom. The fraction of sp³-hybridized carbons (Fsp3) is 0.400. The van der Waals surface area contributed by atoms with Crippen LogP contribution in [0, 0.1) is 0 Å². The van der Waals surface area contributed by atoms with E-state index in [0.717, 1.165) is 30.6 Å². The zero-order chi connectivity index (χ0) is 22.1. The summed E-state index contributed by atoms with van der Waals surface area (Å²) in [5, 5.41) is 2.72. The predicted octanol–water partition coefficient (Wildman–Crippen LogP) is 3.44. The number of hydrogen-bond donors (Lipinski definition) is 1. The first-order valence-corrected chi connectivity index (χ1v) is 10.8. The predicted molar refractivity (Wildman–Crippen MR) is 117 cm³/mol. The molecule has 0 unspecified atom stereocenters. The molecule has 0 aromatic heterocycles. The number of para-hydroxylation sites is 1. The van der Waals surface area contributed by atoms with E-state index in [2.05, 4.69) is 5.32 Å². The van der Waals surface area contributed by atoms with Gasteiger partial charge in [0.05, 0.1) is 13.5 Å². The van der Waals surface area contributed by atoms with E-state index in [9.17, 15) is 14.4 Å². The number of ketones is 1. The summed E-state index contributed by atoms with van der Waals surface area (Å²) in [7, 11) is 1.60. The van der Waals surface area contributed by atoms with Crippen molar-refractivity contribution in [3.63, 3.8) is 0 Å². The Morgan fingerprint density at radius 1 is 0.968 bits per heavy atom. The smallest absolute Gasteiger partial charge is 0.306 e. The molecule has 1 aliphatic rings. The minimum Gasteiger partial charge on any atom is -0.496 e. The molecule has 2 aromatic rings. The third kappa shape index (κ3) is 6.67. The summed E-state index contributed by atoms with van der Waals surface area (Å²) < 4.78 is 10.3. The lowest BCUT2D eigenvalue weighted by Crippen LogP contribution is -2.30. The molecular formula is C25H29NO5. The first kappa shape index (κ1) is 22.5. The molecule has 6 heteroatoms. The summed E-state index contributed by atoms with van der Waals surface area (Å²) in [4.78, 5) is 36.2. The highest BCUT2D eigenvalue weighted by atomic mass is 16.5. The Morgan fingerprint density at radius 2 is 1.74 bits per heavy atom. The van der Waals surface area contributed by atoms with Gasteiger partial charge < -0.3 is 14.8 Å². The van der Waals surface area contributed by atoms with Gasteiger partial charge in [-0.15, -0.1) is 0 Å². The maximum absolute atomic E-state index is 12.4. The molecule has 0 aliphatic heterocycles. The summed E-state index contributed by atoms with van der Waals surface area (Å²) in [6.07, 6.45) is 5.07. The van der Waals surface area contributed by atoms with Gasteiger partial charge >= 0.3 is 5.97 Å². The number of amides is 1. The molecule has 2 aromatic carbocycles. The van der Waals surface area contributed by atoms with Crippen molar-refractivity contribution in [3.8, 4) is 5.75 Å². The number of Topliss-reactive ketones (excluding diaryl/α,β-unsaturated/α-hetero) is 1. The number of benzene rings is 2. The SMILES string of the molecule is COc1ccccc1CCNC(=O)COC(=O)CCC(=O)c1ccc2c(c1)CCCC2. The lowest BCUT2D eigenvalue weighted by atomic mass is 9.89. The van der Waals surface area contributed by atoms with Gasteiger partial charge in [0.2, 0.25) is 0 Å². The summed E-state index contributed by atoms with van der Waals surface area (Å²) in [6.45, 7) is 0.0609. The van der Waals surface area contributed by atoms with Gasteiger partial charge in [0, 0.05) is 18.5 Å². The van der Waals surface area contributed by atoms with Gasteiger partial charge in [-0.3, -0.25) is 14.4 Å². The highest BCUT2D eigenvalue weighted by Crippen LogP contribution is 2.23. The highest BCUT2D eigenvalue weighted by molar-refractivity contribution is 5.97. The van der Waals surface area contributed by atoms with Crippen molar-refractivity contribution in [1.82, 2.24) is 5.32 Å². The minimum atomic E-state index is -0.550. The van der Waals surface area contributed by atoms with Crippen LogP contribution in [-0.2, 0) is 33.6 Å². The number of carbonyl (C=O) groups is 3. The Bertz CT molecular complexity index is 937. The Hall–Kier alpha value is -3.15. The van der Waals surface area contributed by atoms with E-state index in [1.807, 2.05) is 42.5 Å². The van der Waals surface area contributed by atoms with Crippen molar-refractivity contribution in [2.24, 2.45) is 0 Å². The van der Waals surface area contributed by atoms with Crippen LogP contribution in [0.15, 0.2) is 42.5 Å². The number of aryl methyl sites for hydroxylation is 2. The average molecular weight is 424 g/mol. The van der Waals surface area contributed by atoms with Crippen LogP contribution in [0.1, 0.15) is 52.7 Å². The number of esters is 1. The molecule has 0 spiro atoms. The number of methoxy groups -OCH3 is 1. The zero-order valence-corrected chi connectivity index (χ0v) is 17.9. The summed E-state index contributed by atoms with van der Waals surface area (Å²) in [5.74, 6) is -0.228. The van der Waals surface area contributed by atoms with Gasteiger partial charge in [0.15, 0.2) is 12.4 Å². The first-order chi connectivity index (χ1) is 15.1. The van der Waals surface area contributed by atoms with Crippen LogP contribution in [-0.4, -0.2) is 37.9 Å². The van der Waals surface area contributed by atoms with E-state index < -0.39 is 5.97 Å². The van der Waals surface area contributed by atoms with Crippen LogP contribution in [0.5, 0.6) is 5.75 Å². The Balaban J connectivity index is 1.35. The van der Waals surface area contributed by atoms with E-state index in [-0.39, 0.29) is 31.1 Å². The maximum Gasteiger partial charge on any atom is 0.306 e. The topological polar surface area (TPSA) is 81.7 Å². The molecular weight excluding hydrogens is 394 g/mol. The van der Waals surface area contributed by atoms with Crippen molar-refractivity contribution in [2.75, 3.05) is 20.3 Å². The third-order valence-corrected chi connectivity index (χ3v) is 5.50. The molecule has 1 amide bonds. The van der Waals surface area contributed by atoms with Crippen LogP contribution < -0.4 is 10.1 Å². The van der Waals surface area contributed by atoms with Crippen molar-refractivity contribution in [3.05, 3.63) is 64.7 Å². The van der Waals surface area contributed by atoms with Gasteiger partial charge in [-0.2, -0.15) is 0 Å². The van der Waals surface area contributed by atoms with Crippen LogP contribution in [0.4, 0.5) is 0 Å². The van der Waals surface area contributed by atoms with Gasteiger partial charge in [0.1, 0.15) is 5.75 Å². The molecule has 1 N–H and O–H groups in total. The second kappa shape index (κ2) is 11.3. The second-order valence-corrected chi connectivity index (χ2v) is 7.69. The van der Waals surface area contributed by atoms with Crippen molar-refractivity contribution in [2.45, 2.75) is 44.9 Å². The monoisotopic (exact) mass is 423 g/mol. The second-order valence-electron chi connectivity index (χ2n) is 7.69. The van der Waals surface area contributed by atoms with E-state index in [0.29, 0.717) is 18.5 Å². The standard InChI is InChI=1S/C25H29NO5/c1-30-23-9-5-4-7-19(23)14-15-26-24(28)17-31-25(29)13-12-22(27)21-11-10-18-6-2-3-8-20(18)16-21/h4-5,7,9-11,16H,2-3,6,8,12-15,17H2,1H3,(H,26,28). The van der Waals surface area contributed by atoms with E-state index in [1.54, 1.807) is 7.11 Å². The Labute approximate surface area is 182 Å². The first-order valence-electron chi connectivity index (χ1n) is 10.8. The molecule has 0 fully saturated rings. The van der Waals surface area contributed by atoms with Gasteiger partial charge in [-0.25, -0.2) is 0 Å². The van der Waals surface area contributed by atoms with Gasteiger partial charge in [0.25, 0.3) is 5.91 Å². The van der Waals surface area contributed by atoms with Crippen LogP contribution in [0.25, 0.3) is 0 Å². The molecule has 0 saturated heterocycles. The zero-order valence-electron chi connectivity index (χ0n) is 17.9. The highest BCUT2D eigenvalue weighted by Gasteiger charge is 2.15. The summed E-state index contributed by atoms with van der Waals surface area (Å²) >= 11 is 0. The molecule has 31 heavy (non-hydrogen) atoms. The fourth-order valence-corrected chi connectivity index (χ4v) is 3.78. The molecule has 0 radical (unpaired) electrons. The average Bonchev–Trinajstić information content (AvgIpc) is 2.81. The third-order valence-electron chi connectivity index (χ3n) is 5.50. The molecule has 0 saturated carbocycles. The molecule has 164 valence electrons. The van der Waals surface area contributed by atoms with Gasteiger partial charge in [-0.1, -0.05) is 30.3 Å². The van der Waals surface area contributed by atoms with Gasteiger partial charge in [-0.05, 0) is 60.9 Å². The molecule has 6 nitrogen and oxygen atoms in total. The maximum atomic E-state index is 12.4. The van der Waals surface area contributed by atoms with E-state index in [4.69, 9.17) is 9.47 Å². The molecule has 0 heterocycles. The van der Waals surface area contributed by atoms with Crippen LogP contribution in [0.2, 0.25) is 0 Å². The number of rotatable bonds is 10. The summed E-state index contributed by atoms with van der Waals surface area (Å²) in [5.41, 5.74) is 4.19. The van der Waals surface area contributed by atoms with Crippen molar-refractivity contribution in [1.29, 1.82) is 0 Å². The Kier molecular flexibility index (Phi) is 8.21. The number of hydrogen-bond acceptors (Lipinski definition) is 5. The van der Waals surface area contributed by atoms with E-state index in [1.165, 1.54) is 17.5 Å². The number of nitrogens with one attached hydrogen (secondary N) is 1. The van der Waals surface area contributed by atoms with Crippen LogP contribution in [0.3, 0.4) is 0 Å². The minimum absolute atomic E-state index is 0.0373.